The van der Waals surface area contributed by atoms with E-state index in [0.29, 0.717) is 19.0 Å². The number of hydrogen-bond donors (Lipinski definition) is 2. The molecule has 0 atom stereocenters. The van der Waals surface area contributed by atoms with Gasteiger partial charge in [0.05, 0.1) is 17.9 Å². The number of methoxy groups -OCH3 is 1. The molecule has 0 bridgehead atoms. The summed E-state index contributed by atoms with van der Waals surface area (Å²) in [6, 6.07) is 7.93. The summed E-state index contributed by atoms with van der Waals surface area (Å²) in [6.07, 6.45) is 3.83. The third-order valence-corrected chi connectivity index (χ3v) is 4.97. The fraction of sp³-hybridized carbons (Fsp3) is 0.471. The Morgan fingerprint density at radius 3 is 2.87 bits per heavy atom. The van der Waals surface area contributed by atoms with Crippen molar-refractivity contribution in [1.82, 2.24) is 15.6 Å². The van der Waals surface area contributed by atoms with Crippen molar-refractivity contribution in [2.45, 2.75) is 24.9 Å². The van der Waals surface area contributed by atoms with Crippen molar-refractivity contribution < 1.29 is 9.15 Å². The highest BCUT2D eigenvalue weighted by atomic mass is 79.9. The standard InChI is InChI=1S/C17H22BrN3O2/c1-22-12-17(6-8-19-9-7-17)20-10-13-11-23-16(21-13)14-4-2-3-5-15(14)18/h2-5,11,19-20H,6-10,12H2,1H3. The molecule has 2 heterocycles. The van der Waals surface area contributed by atoms with Crippen LogP contribution in [0.4, 0.5) is 0 Å². The quantitative estimate of drug-likeness (QED) is 0.807. The first kappa shape index (κ1) is 16.6. The smallest absolute Gasteiger partial charge is 0.227 e. The number of benzene rings is 1. The van der Waals surface area contributed by atoms with E-state index in [9.17, 15) is 0 Å². The van der Waals surface area contributed by atoms with Gasteiger partial charge in [0.15, 0.2) is 0 Å². The number of nitrogens with zero attached hydrogens (tertiary/aromatic N) is 1. The van der Waals surface area contributed by atoms with Crippen LogP contribution in [-0.2, 0) is 11.3 Å². The fourth-order valence-corrected chi connectivity index (χ4v) is 3.43. The molecule has 1 aromatic carbocycles. The van der Waals surface area contributed by atoms with Crippen molar-refractivity contribution in [3.63, 3.8) is 0 Å². The van der Waals surface area contributed by atoms with Crippen molar-refractivity contribution >= 4 is 15.9 Å². The lowest BCUT2D eigenvalue weighted by atomic mass is 9.89. The summed E-state index contributed by atoms with van der Waals surface area (Å²) >= 11 is 3.53. The highest BCUT2D eigenvalue weighted by Crippen LogP contribution is 2.27. The van der Waals surface area contributed by atoms with Gasteiger partial charge in [0, 0.05) is 23.7 Å². The Balaban J connectivity index is 1.68. The molecule has 0 spiro atoms. The molecule has 124 valence electrons. The van der Waals surface area contributed by atoms with Gasteiger partial charge in [0.2, 0.25) is 5.89 Å². The van der Waals surface area contributed by atoms with Gasteiger partial charge >= 0.3 is 0 Å². The van der Waals surface area contributed by atoms with Gasteiger partial charge in [-0.25, -0.2) is 4.98 Å². The van der Waals surface area contributed by atoms with Crippen molar-refractivity contribution in [3.8, 4) is 11.5 Å². The number of piperidine rings is 1. The maximum atomic E-state index is 5.64. The molecule has 0 saturated carbocycles. The van der Waals surface area contributed by atoms with Crippen molar-refractivity contribution in [1.29, 1.82) is 0 Å². The third-order valence-electron chi connectivity index (χ3n) is 4.28. The van der Waals surface area contributed by atoms with Gasteiger partial charge in [-0.1, -0.05) is 12.1 Å². The molecule has 0 radical (unpaired) electrons. The molecule has 0 unspecified atom stereocenters. The Hall–Kier alpha value is -1.21. The van der Waals surface area contributed by atoms with Crippen LogP contribution in [0.3, 0.4) is 0 Å². The summed E-state index contributed by atoms with van der Waals surface area (Å²) in [6.45, 7) is 3.41. The summed E-state index contributed by atoms with van der Waals surface area (Å²) in [5, 5.41) is 7.03. The monoisotopic (exact) mass is 379 g/mol. The summed E-state index contributed by atoms with van der Waals surface area (Å²) in [5.41, 5.74) is 1.89. The predicted molar refractivity (Wildman–Crippen MR) is 93.2 cm³/mol. The molecule has 2 aromatic rings. The van der Waals surface area contributed by atoms with Gasteiger partial charge in [-0.3, -0.25) is 0 Å². The molecule has 23 heavy (non-hydrogen) atoms. The topological polar surface area (TPSA) is 59.3 Å². The summed E-state index contributed by atoms with van der Waals surface area (Å²) in [7, 11) is 1.76. The zero-order valence-corrected chi connectivity index (χ0v) is 14.9. The molecule has 1 saturated heterocycles. The van der Waals surface area contributed by atoms with Crippen LogP contribution in [0.2, 0.25) is 0 Å². The number of aromatic nitrogens is 1. The first-order chi connectivity index (χ1) is 11.2. The van der Waals surface area contributed by atoms with Crippen molar-refractivity contribution in [3.05, 3.63) is 40.7 Å². The van der Waals surface area contributed by atoms with Gasteiger partial charge in [-0.2, -0.15) is 0 Å². The van der Waals surface area contributed by atoms with E-state index in [2.05, 4.69) is 31.5 Å². The van der Waals surface area contributed by atoms with E-state index in [0.717, 1.165) is 41.7 Å². The van der Waals surface area contributed by atoms with Gasteiger partial charge in [-0.05, 0) is 54.0 Å². The number of rotatable bonds is 6. The second-order valence-corrected chi connectivity index (χ2v) is 6.80. The molecule has 1 aliphatic rings. The van der Waals surface area contributed by atoms with E-state index < -0.39 is 0 Å². The summed E-state index contributed by atoms with van der Waals surface area (Å²) in [5.74, 6) is 0.639. The molecular weight excluding hydrogens is 358 g/mol. The lowest BCUT2D eigenvalue weighted by molar-refractivity contribution is 0.0850. The average Bonchev–Trinajstić information content (AvgIpc) is 3.04. The highest BCUT2D eigenvalue weighted by molar-refractivity contribution is 9.10. The largest absolute Gasteiger partial charge is 0.444 e. The first-order valence-corrected chi connectivity index (χ1v) is 8.66. The molecule has 0 amide bonds. The molecule has 5 nitrogen and oxygen atoms in total. The Morgan fingerprint density at radius 1 is 1.35 bits per heavy atom. The van der Waals surface area contributed by atoms with E-state index in [1.807, 2.05) is 24.3 Å². The minimum Gasteiger partial charge on any atom is -0.444 e. The van der Waals surface area contributed by atoms with Gasteiger partial charge in [0.1, 0.15) is 6.26 Å². The van der Waals surface area contributed by atoms with Crippen LogP contribution in [0.5, 0.6) is 0 Å². The number of hydrogen-bond acceptors (Lipinski definition) is 5. The number of oxazole rings is 1. The molecule has 3 rings (SSSR count). The van der Waals surface area contributed by atoms with Gasteiger partial charge < -0.3 is 19.8 Å². The molecule has 1 aromatic heterocycles. The van der Waals surface area contributed by atoms with Crippen LogP contribution in [-0.4, -0.2) is 37.3 Å². The molecule has 1 fully saturated rings. The normalized spacial score (nSPS) is 17.3. The van der Waals surface area contributed by atoms with E-state index in [1.54, 1.807) is 13.4 Å². The van der Waals surface area contributed by atoms with E-state index >= 15 is 0 Å². The zero-order valence-electron chi connectivity index (χ0n) is 13.3. The van der Waals surface area contributed by atoms with Crippen molar-refractivity contribution in [2.24, 2.45) is 0 Å². The fourth-order valence-electron chi connectivity index (χ4n) is 2.98. The number of halogens is 1. The molecule has 1 aliphatic heterocycles. The van der Waals surface area contributed by atoms with Crippen LogP contribution >= 0.6 is 15.9 Å². The third kappa shape index (κ3) is 4.01. The molecule has 6 heteroatoms. The Morgan fingerprint density at radius 2 is 2.13 bits per heavy atom. The molecular formula is C17H22BrN3O2. The van der Waals surface area contributed by atoms with Gasteiger partial charge in [-0.15, -0.1) is 0 Å². The van der Waals surface area contributed by atoms with E-state index in [4.69, 9.17) is 9.15 Å². The van der Waals surface area contributed by atoms with Crippen LogP contribution in [0.25, 0.3) is 11.5 Å². The van der Waals surface area contributed by atoms with Gasteiger partial charge in [0.25, 0.3) is 0 Å². The van der Waals surface area contributed by atoms with Crippen LogP contribution in [0.15, 0.2) is 39.4 Å². The lowest BCUT2D eigenvalue weighted by Crippen LogP contribution is -2.55. The Labute approximate surface area is 144 Å². The zero-order chi connectivity index (χ0) is 16.1. The average molecular weight is 380 g/mol. The first-order valence-electron chi connectivity index (χ1n) is 7.86. The maximum absolute atomic E-state index is 5.64. The second-order valence-electron chi connectivity index (χ2n) is 5.94. The van der Waals surface area contributed by atoms with Crippen LogP contribution in [0.1, 0.15) is 18.5 Å². The highest BCUT2D eigenvalue weighted by Gasteiger charge is 2.31. The number of ether oxygens (including phenoxy) is 1. The number of nitrogens with one attached hydrogen (secondary N) is 2. The summed E-state index contributed by atoms with van der Waals surface area (Å²) < 4.78 is 12.0. The lowest BCUT2D eigenvalue weighted by Gasteiger charge is -2.37. The molecule has 2 N–H and O–H groups in total. The van der Waals surface area contributed by atoms with Crippen molar-refractivity contribution in [2.75, 3.05) is 26.8 Å². The van der Waals surface area contributed by atoms with Crippen LogP contribution < -0.4 is 10.6 Å². The predicted octanol–water partition coefficient (Wildman–Crippen LogP) is 2.96. The van der Waals surface area contributed by atoms with Crippen LogP contribution in [0, 0.1) is 0 Å². The SMILES string of the molecule is COCC1(NCc2coc(-c3ccccc3Br)n2)CCNCC1. The minimum atomic E-state index is 0.0203. The Kier molecular flexibility index (Phi) is 5.48. The second kappa shape index (κ2) is 7.57. The Bertz CT molecular complexity index is 633. The summed E-state index contributed by atoms with van der Waals surface area (Å²) in [4.78, 5) is 4.60. The van der Waals surface area contributed by atoms with E-state index in [1.165, 1.54) is 0 Å². The minimum absolute atomic E-state index is 0.0203. The van der Waals surface area contributed by atoms with E-state index in [-0.39, 0.29) is 5.54 Å². The maximum Gasteiger partial charge on any atom is 0.227 e. The molecule has 0 aliphatic carbocycles.